The van der Waals surface area contributed by atoms with E-state index >= 15 is 0 Å². The van der Waals surface area contributed by atoms with Crippen LogP contribution in [0.1, 0.15) is 45.2 Å². The Balaban J connectivity index is 2.39. The van der Waals surface area contributed by atoms with Crippen LogP contribution in [0.5, 0.6) is 0 Å². The predicted octanol–water partition coefficient (Wildman–Crippen LogP) is 4.70. The van der Waals surface area contributed by atoms with Crippen LogP contribution in [0, 0.1) is 0 Å². The summed E-state index contributed by atoms with van der Waals surface area (Å²) in [5, 5.41) is 0. The van der Waals surface area contributed by atoms with E-state index in [1.165, 1.54) is 11.1 Å². The Hall–Kier alpha value is -1.03. The Morgan fingerprint density at radius 2 is 2.10 bits per heavy atom. The first-order chi connectivity index (χ1) is 9.31. The van der Waals surface area contributed by atoms with Crippen molar-refractivity contribution in [1.29, 1.82) is 0 Å². The van der Waals surface area contributed by atoms with E-state index in [1.54, 1.807) is 4.90 Å². The molecule has 0 atom stereocenters. The number of anilines is 1. The molecule has 1 heterocycles. The molecule has 0 aromatic heterocycles. The van der Waals surface area contributed by atoms with Crippen LogP contribution in [-0.4, -0.2) is 18.2 Å². The quantitative estimate of drug-likeness (QED) is 0.742. The molecule has 110 valence electrons. The minimum Gasteiger partial charge on any atom is -0.443 e. The number of fused-ring (bicyclic) bond motifs is 1. The summed E-state index contributed by atoms with van der Waals surface area (Å²) in [5.74, 6) is 0. The predicted molar refractivity (Wildman–Crippen MR) is 85.4 cm³/mol. The molecule has 0 spiro atoms. The van der Waals surface area contributed by atoms with Gasteiger partial charge in [-0.3, -0.25) is 4.90 Å². The summed E-state index contributed by atoms with van der Waals surface area (Å²) in [7, 11) is 0. The maximum absolute atomic E-state index is 12.4. The second-order valence-corrected chi connectivity index (χ2v) is 7.08. The molecule has 0 N–H and O–H groups in total. The van der Waals surface area contributed by atoms with Crippen molar-refractivity contribution in [1.82, 2.24) is 0 Å². The summed E-state index contributed by atoms with van der Waals surface area (Å²) in [5.41, 5.74) is 3.01. The number of benzene rings is 1. The topological polar surface area (TPSA) is 29.5 Å². The van der Waals surface area contributed by atoms with Crippen LogP contribution in [0.2, 0.25) is 0 Å². The summed E-state index contributed by atoms with van der Waals surface area (Å²) in [6.07, 6.45) is 2.66. The van der Waals surface area contributed by atoms with Gasteiger partial charge in [0.25, 0.3) is 0 Å². The minimum absolute atomic E-state index is 0.240. The van der Waals surface area contributed by atoms with E-state index in [-0.39, 0.29) is 6.09 Å². The summed E-state index contributed by atoms with van der Waals surface area (Å²) < 4.78 is 6.62. The lowest BCUT2D eigenvalue weighted by molar-refractivity contribution is 0.0577. The smallest absolute Gasteiger partial charge is 0.414 e. The molecule has 1 amide bonds. The number of amides is 1. The van der Waals surface area contributed by atoms with Crippen LogP contribution in [0.25, 0.3) is 0 Å². The van der Waals surface area contributed by atoms with Gasteiger partial charge in [-0.05, 0) is 63.3 Å². The largest absolute Gasteiger partial charge is 0.443 e. The molecule has 0 bridgehead atoms. The Kier molecular flexibility index (Phi) is 4.43. The van der Waals surface area contributed by atoms with Crippen molar-refractivity contribution in [3.05, 3.63) is 27.7 Å². The van der Waals surface area contributed by atoms with Crippen LogP contribution in [0.3, 0.4) is 0 Å². The number of nitrogens with zero attached hydrogens (tertiary/aromatic N) is 1. The third-order valence-corrected chi connectivity index (χ3v) is 3.78. The van der Waals surface area contributed by atoms with E-state index in [9.17, 15) is 4.79 Å². The summed E-state index contributed by atoms with van der Waals surface area (Å²) in [6, 6.07) is 4.21. The highest BCUT2D eigenvalue weighted by atomic mass is 79.9. The van der Waals surface area contributed by atoms with Gasteiger partial charge in [0.15, 0.2) is 0 Å². The molecule has 3 nitrogen and oxygen atoms in total. The highest BCUT2D eigenvalue weighted by Crippen LogP contribution is 2.35. The van der Waals surface area contributed by atoms with Crippen LogP contribution >= 0.6 is 15.9 Å². The molecular weight excluding hydrogens is 318 g/mol. The van der Waals surface area contributed by atoms with Gasteiger partial charge in [-0.25, -0.2) is 4.79 Å². The van der Waals surface area contributed by atoms with Gasteiger partial charge in [0.05, 0.1) is 5.69 Å². The first-order valence-corrected chi connectivity index (χ1v) is 7.93. The Morgan fingerprint density at radius 3 is 2.70 bits per heavy atom. The molecule has 0 saturated carbocycles. The van der Waals surface area contributed by atoms with Crippen LogP contribution in [-0.2, 0) is 17.6 Å². The Labute approximate surface area is 129 Å². The van der Waals surface area contributed by atoms with Gasteiger partial charge < -0.3 is 4.74 Å². The Bertz CT molecular complexity index is 503. The van der Waals surface area contributed by atoms with Crippen LogP contribution in [0.4, 0.5) is 10.5 Å². The van der Waals surface area contributed by atoms with Crippen molar-refractivity contribution in [3.63, 3.8) is 0 Å². The molecule has 0 unspecified atom stereocenters. The number of carbonyl (C=O) groups is 1. The number of hydrogen-bond acceptors (Lipinski definition) is 2. The number of halogens is 1. The maximum atomic E-state index is 12.4. The number of hydrogen-bond donors (Lipinski definition) is 0. The van der Waals surface area contributed by atoms with Gasteiger partial charge in [-0.1, -0.05) is 22.9 Å². The van der Waals surface area contributed by atoms with Crippen molar-refractivity contribution in [2.45, 2.75) is 52.6 Å². The van der Waals surface area contributed by atoms with E-state index < -0.39 is 5.60 Å². The normalized spacial score (nSPS) is 14.9. The summed E-state index contributed by atoms with van der Waals surface area (Å²) in [4.78, 5) is 14.2. The number of rotatable bonds is 1. The zero-order valence-electron chi connectivity index (χ0n) is 12.6. The van der Waals surface area contributed by atoms with E-state index in [4.69, 9.17) is 4.74 Å². The maximum Gasteiger partial charge on any atom is 0.414 e. The van der Waals surface area contributed by atoms with E-state index in [0.29, 0.717) is 0 Å². The second-order valence-electron chi connectivity index (χ2n) is 6.16. The molecule has 1 aromatic rings. The fourth-order valence-electron chi connectivity index (χ4n) is 2.56. The van der Waals surface area contributed by atoms with Crippen molar-refractivity contribution >= 4 is 27.7 Å². The molecule has 4 heteroatoms. The average molecular weight is 340 g/mol. The lowest BCUT2D eigenvalue weighted by atomic mass is 9.97. The molecule has 0 radical (unpaired) electrons. The zero-order valence-corrected chi connectivity index (χ0v) is 14.2. The SMILES string of the molecule is CCc1cc(Br)cc2c1N(C(=O)OC(C)(C)C)CCC2. The van der Waals surface area contributed by atoms with E-state index in [1.807, 2.05) is 20.8 Å². The summed E-state index contributed by atoms with van der Waals surface area (Å²) >= 11 is 3.55. The monoisotopic (exact) mass is 339 g/mol. The molecular formula is C16H22BrNO2. The van der Waals surface area contributed by atoms with Gasteiger partial charge in [0, 0.05) is 11.0 Å². The fraction of sp³-hybridized carbons (Fsp3) is 0.562. The first kappa shape index (κ1) is 15.4. The van der Waals surface area contributed by atoms with Crippen LogP contribution < -0.4 is 4.90 Å². The average Bonchev–Trinajstić information content (AvgIpc) is 2.34. The Morgan fingerprint density at radius 1 is 1.40 bits per heavy atom. The highest BCUT2D eigenvalue weighted by Gasteiger charge is 2.29. The molecule has 0 aliphatic carbocycles. The summed E-state index contributed by atoms with van der Waals surface area (Å²) in [6.45, 7) is 8.55. The molecule has 1 aliphatic rings. The third kappa shape index (κ3) is 3.35. The molecule has 0 saturated heterocycles. The molecule has 1 aromatic carbocycles. The minimum atomic E-state index is -0.462. The standard InChI is InChI=1S/C16H22BrNO2/c1-5-11-9-13(17)10-12-7-6-8-18(14(11)12)15(19)20-16(2,3)4/h9-10H,5-8H2,1-4H3. The molecule has 1 aliphatic heterocycles. The van der Waals surface area contributed by atoms with Crippen molar-refractivity contribution in [3.8, 4) is 0 Å². The van der Waals surface area contributed by atoms with Crippen molar-refractivity contribution in [2.75, 3.05) is 11.4 Å². The van der Waals surface area contributed by atoms with E-state index in [2.05, 4.69) is 35.0 Å². The van der Waals surface area contributed by atoms with Gasteiger partial charge in [-0.2, -0.15) is 0 Å². The molecule has 2 rings (SSSR count). The first-order valence-electron chi connectivity index (χ1n) is 7.13. The lowest BCUT2D eigenvalue weighted by Gasteiger charge is -2.33. The molecule has 20 heavy (non-hydrogen) atoms. The number of carbonyl (C=O) groups excluding carboxylic acids is 1. The third-order valence-electron chi connectivity index (χ3n) is 3.33. The fourth-order valence-corrected chi connectivity index (χ4v) is 3.12. The van der Waals surface area contributed by atoms with Gasteiger partial charge in [0.2, 0.25) is 0 Å². The van der Waals surface area contributed by atoms with Crippen molar-refractivity contribution < 1.29 is 9.53 Å². The highest BCUT2D eigenvalue weighted by molar-refractivity contribution is 9.10. The number of ether oxygens (including phenoxy) is 1. The van der Waals surface area contributed by atoms with Gasteiger partial charge >= 0.3 is 6.09 Å². The van der Waals surface area contributed by atoms with Gasteiger partial charge in [0.1, 0.15) is 5.60 Å². The molecule has 0 fully saturated rings. The van der Waals surface area contributed by atoms with E-state index in [0.717, 1.165) is 36.0 Å². The van der Waals surface area contributed by atoms with Crippen molar-refractivity contribution in [2.24, 2.45) is 0 Å². The second kappa shape index (κ2) is 5.76. The lowest BCUT2D eigenvalue weighted by Crippen LogP contribution is -2.40. The number of aryl methyl sites for hydroxylation is 2. The van der Waals surface area contributed by atoms with Crippen LogP contribution in [0.15, 0.2) is 16.6 Å². The van der Waals surface area contributed by atoms with Gasteiger partial charge in [-0.15, -0.1) is 0 Å². The zero-order chi connectivity index (χ0) is 14.9.